The van der Waals surface area contributed by atoms with E-state index in [1.165, 1.54) is 0 Å². The van der Waals surface area contributed by atoms with Gasteiger partial charge in [0.05, 0.1) is 18.0 Å². The summed E-state index contributed by atoms with van der Waals surface area (Å²) >= 11 is 0. The molecule has 6 nitrogen and oxygen atoms in total. The van der Waals surface area contributed by atoms with Crippen LogP contribution in [0.15, 0.2) is 30.5 Å². The van der Waals surface area contributed by atoms with Crippen LogP contribution in [0.5, 0.6) is 0 Å². The van der Waals surface area contributed by atoms with Gasteiger partial charge in [-0.3, -0.25) is 4.79 Å². The van der Waals surface area contributed by atoms with Gasteiger partial charge in [0, 0.05) is 13.1 Å². The van der Waals surface area contributed by atoms with Crippen LogP contribution in [0.4, 0.5) is 0 Å². The van der Waals surface area contributed by atoms with Crippen LogP contribution in [-0.2, 0) is 0 Å². The number of rotatable bonds is 2. The fourth-order valence-electron chi connectivity index (χ4n) is 1.97. The summed E-state index contributed by atoms with van der Waals surface area (Å²) in [6, 6.07) is 7.80. The molecule has 1 saturated heterocycles. The first-order valence-electron chi connectivity index (χ1n) is 6.10. The highest BCUT2D eigenvalue weighted by Crippen LogP contribution is 2.13. The Labute approximate surface area is 110 Å². The van der Waals surface area contributed by atoms with Crippen molar-refractivity contribution in [2.45, 2.75) is 13.0 Å². The molecule has 1 aliphatic rings. The molecule has 0 spiro atoms. The molecule has 0 bridgehead atoms. The lowest BCUT2D eigenvalue weighted by molar-refractivity contribution is 0.00549. The number of hydrogen-bond acceptors (Lipinski definition) is 4. The molecule has 98 valence electrons. The number of benzene rings is 1. The molecule has 0 aliphatic carbocycles. The number of aliphatic hydroxyl groups is 1. The lowest BCUT2D eigenvalue weighted by Crippen LogP contribution is -2.53. The van der Waals surface area contributed by atoms with Crippen LogP contribution < -0.4 is 0 Å². The van der Waals surface area contributed by atoms with Crippen molar-refractivity contribution in [2.75, 3.05) is 13.1 Å². The van der Waals surface area contributed by atoms with Crippen LogP contribution in [0.2, 0.25) is 0 Å². The zero-order valence-electron chi connectivity index (χ0n) is 10.5. The molecule has 0 unspecified atom stereocenters. The maximum absolute atomic E-state index is 12.0. The molecule has 1 aromatic carbocycles. The molecule has 3 rings (SSSR count). The van der Waals surface area contributed by atoms with Gasteiger partial charge in [-0.2, -0.15) is 0 Å². The Morgan fingerprint density at radius 3 is 2.63 bits per heavy atom. The fourth-order valence-corrected chi connectivity index (χ4v) is 1.97. The summed E-state index contributed by atoms with van der Waals surface area (Å²) in [6.07, 6.45) is 1.20. The molecule has 6 heteroatoms. The molecular weight excluding hydrogens is 244 g/mol. The quantitative estimate of drug-likeness (QED) is 0.846. The Hall–Kier alpha value is -2.21. The molecule has 2 heterocycles. The summed E-state index contributed by atoms with van der Waals surface area (Å²) in [6.45, 7) is 2.75. The van der Waals surface area contributed by atoms with Gasteiger partial charge in [-0.05, 0) is 19.1 Å². The second-order valence-corrected chi connectivity index (χ2v) is 4.75. The molecule has 1 fully saturated rings. The van der Waals surface area contributed by atoms with E-state index in [1.54, 1.807) is 15.8 Å². The van der Waals surface area contributed by atoms with Crippen molar-refractivity contribution >= 4 is 5.91 Å². The van der Waals surface area contributed by atoms with Gasteiger partial charge in [-0.15, -0.1) is 5.10 Å². The summed E-state index contributed by atoms with van der Waals surface area (Å²) < 4.78 is 1.57. The molecular formula is C13H14N4O2. The lowest BCUT2D eigenvalue weighted by atomic mass is 10.1. The molecule has 0 radical (unpaired) electrons. The van der Waals surface area contributed by atoms with E-state index in [0.29, 0.717) is 18.8 Å². The Morgan fingerprint density at radius 2 is 2.00 bits per heavy atom. The van der Waals surface area contributed by atoms with Gasteiger partial charge in [-0.1, -0.05) is 22.9 Å². The van der Waals surface area contributed by atoms with Crippen molar-refractivity contribution in [1.82, 2.24) is 19.9 Å². The minimum atomic E-state index is -0.406. The molecule has 0 atom stereocenters. The van der Waals surface area contributed by atoms with E-state index >= 15 is 0 Å². The van der Waals surface area contributed by atoms with Gasteiger partial charge < -0.3 is 10.0 Å². The number of aliphatic hydroxyl groups excluding tert-OH is 1. The third-order valence-corrected chi connectivity index (χ3v) is 3.16. The highest BCUT2D eigenvalue weighted by atomic mass is 16.3. The minimum Gasteiger partial charge on any atom is -0.389 e. The van der Waals surface area contributed by atoms with Crippen molar-refractivity contribution in [3.8, 4) is 5.69 Å². The summed E-state index contributed by atoms with van der Waals surface area (Å²) in [5.41, 5.74) is 2.32. The number of carbonyl (C=O) groups is 1. The Balaban J connectivity index is 1.79. The number of hydrogen-bond donors (Lipinski definition) is 1. The number of amides is 1. The van der Waals surface area contributed by atoms with E-state index in [9.17, 15) is 9.90 Å². The SMILES string of the molecule is Cc1ccc(-n2cc(C(=O)N3CC(O)C3)nn2)cc1. The summed E-state index contributed by atoms with van der Waals surface area (Å²) in [4.78, 5) is 13.5. The number of aromatic nitrogens is 3. The Bertz CT molecular complexity index is 599. The fraction of sp³-hybridized carbons (Fsp3) is 0.308. The topological polar surface area (TPSA) is 71.2 Å². The zero-order valence-corrected chi connectivity index (χ0v) is 10.5. The molecule has 1 N–H and O–H groups in total. The average molecular weight is 258 g/mol. The Morgan fingerprint density at radius 1 is 1.32 bits per heavy atom. The molecule has 1 aromatic heterocycles. The van der Waals surface area contributed by atoms with Crippen LogP contribution in [0.25, 0.3) is 5.69 Å². The zero-order chi connectivity index (χ0) is 13.4. The number of carbonyl (C=O) groups excluding carboxylic acids is 1. The highest BCUT2D eigenvalue weighted by molar-refractivity contribution is 5.92. The van der Waals surface area contributed by atoms with Crippen LogP contribution in [0.1, 0.15) is 16.1 Å². The van der Waals surface area contributed by atoms with Crippen LogP contribution >= 0.6 is 0 Å². The second kappa shape index (κ2) is 4.47. The van der Waals surface area contributed by atoms with Crippen molar-refractivity contribution in [2.24, 2.45) is 0 Å². The van der Waals surface area contributed by atoms with Gasteiger partial charge in [0.2, 0.25) is 0 Å². The van der Waals surface area contributed by atoms with E-state index in [2.05, 4.69) is 10.3 Å². The molecule has 2 aromatic rings. The Kier molecular flexibility index (Phi) is 2.79. The largest absolute Gasteiger partial charge is 0.389 e. The van der Waals surface area contributed by atoms with E-state index in [0.717, 1.165) is 11.3 Å². The van der Waals surface area contributed by atoms with Crippen LogP contribution in [0.3, 0.4) is 0 Å². The lowest BCUT2D eigenvalue weighted by Gasteiger charge is -2.35. The van der Waals surface area contributed by atoms with Gasteiger partial charge in [0.1, 0.15) is 0 Å². The van der Waals surface area contributed by atoms with E-state index < -0.39 is 6.10 Å². The van der Waals surface area contributed by atoms with Crippen LogP contribution in [-0.4, -0.2) is 50.1 Å². The average Bonchev–Trinajstić information content (AvgIpc) is 2.85. The van der Waals surface area contributed by atoms with Gasteiger partial charge in [0.25, 0.3) is 5.91 Å². The maximum atomic E-state index is 12.0. The third-order valence-electron chi connectivity index (χ3n) is 3.16. The first kappa shape index (κ1) is 11.9. The summed E-state index contributed by atoms with van der Waals surface area (Å²) in [7, 11) is 0. The molecule has 1 amide bonds. The highest BCUT2D eigenvalue weighted by Gasteiger charge is 2.30. The van der Waals surface area contributed by atoms with Crippen molar-refractivity contribution in [3.05, 3.63) is 41.7 Å². The number of β-amino-alcohol motifs (C(OH)–C–C–N with tert-alkyl or cyclic N) is 1. The van der Waals surface area contributed by atoms with Crippen molar-refractivity contribution in [1.29, 1.82) is 0 Å². The van der Waals surface area contributed by atoms with Crippen molar-refractivity contribution < 1.29 is 9.90 Å². The van der Waals surface area contributed by atoms with Gasteiger partial charge >= 0.3 is 0 Å². The summed E-state index contributed by atoms with van der Waals surface area (Å²) in [5.74, 6) is -0.191. The van der Waals surface area contributed by atoms with E-state index in [1.807, 2.05) is 31.2 Å². The molecule has 0 saturated carbocycles. The standard InChI is InChI=1S/C13H14N4O2/c1-9-2-4-10(5-3-9)17-8-12(14-15-17)13(19)16-6-11(18)7-16/h2-5,8,11,18H,6-7H2,1H3. The number of aryl methyl sites for hydroxylation is 1. The second-order valence-electron chi connectivity index (χ2n) is 4.75. The maximum Gasteiger partial charge on any atom is 0.276 e. The van der Waals surface area contributed by atoms with E-state index in [-0.39, 0.29) is 5.91 Å². The molecule has 19 heavy (non-hydrogen) atoms. The predicted octanol–water partition coefficient (Wildman–Crippen LogP) is 0.392. The first-order chi connectivity index (χ1) is 9.13. The monoisotopic (exact) mass is 258 g/mol. The minimum absolute atomic E-state index is 0.191. The number of nitrogens with zero attached hydrogens (tertiary/aromatic N) is 4. The summed E-state index contributed by atoms with van der Waals surface area (Å²) in [5, 5.41) is 17.0. The van der Waals surface area contributed by atoms with Crippen LogP contribution in [0, 0.1) is 6.92 Å². The van der Waals surface area contributed by atoms with Gasteiger partial charge in [0.15, 0.2) is 5.69 Å². The van der Waals surface area contributed by atoms with Gasteiger partial charge in [-0.25, -0.2) is 4.68 Å². The number of likely N-dealkylation sites (tertiary alicyclic amines) is 1. The molecule has 1 aliphatic heterocycles. The van der Waals surface area contributed by atoms with Crippen molar-refractivity contribution in [3.63, 3.8) is 0 Å². The normalized spacial score (nSPS) is 15.4. The third kappa shape index (κ3) is 2.22. The predicted molar refractivity (Wildman–Crippen MR) is 68.0 cm³/mol. The first-order valence-corrected chi connectivity index (χ1v) is 6.10. The van der Waals surface area contributed by atoms with E-state index in [4.69, 9.17) is 0 Å². The smallest absolute Gasteiger partial charge is 0.276 e.